The lowest BCUT2D eigenvalue weighted by Gasteiger charge is -2.33. The second-order valence-corrected chi connectivity index (χ2v) is 12.6. The number of nitrogens with one attached hydrogen (secondary N) is 1. The van der Waals surface area contributed by atoms with Gasteiger partial charge in [-0.25, -0.2) is 8.42 Å². The number of carbonyl (C=O) groups is 2. The number of amides is 2. The Kier molecular flexibility index (Phi) is 11.1. The van der Waals surface area contributed by atoms with Crippen LogP contribution in [0.2, 0.25) is 10.0 Å². The number of carbonyl (C=O) groups excluding carboxylic acids is 2. The van der Waals surface area contributed by atoms with Gasteiger partial charge in [0, 0.05) is 12.6 Å². The van der Waals surface area contributed by atoms with Gasteiger partial charge in [0.1, 0.15) is 18.3 Å². The summed E-state index contributed by atoms with van der Waals surface area (Å²) in [6.07, 6.45) is 0.307. The molecular weight excluding hydrogens is 585 g/mol. The summed E-state index contributed by atoms with van der Waals surface area (Å²) < 4.78 is 34.1. The third kappa shape index (κ3) is 8.15. The minimum Gasteiger partial charge on any atom is -0.497 e. The minimum absolute atomic E-state index is 0.00713. The van der Waals surface area contributed by atoms with Gasteiger partial charge in [0.15, 0.2) is 0 Å². The van der Waals surface area contributed by atoms with Crippen molar-refractivity contribution in [3.8, 4) is 5.75 Å². The van der Waals surface area contributed by atoms with E-state index in [0.717, 1.165) is 9.87 Å². The van der Waals surface area contributed by atoms with Gasteiger partial charge in [0.25, 0.3) is 10.0 Å². The van der Waals surface area contributed by atoms with Gasteiger partial charge in [-0.1, -0.05) is 53.9 Å². The van der Waals surface area contributed by atoms with Crippen LogP contribution in [-0.2, 0) is 26.2 Å². The number of anilines is 1. The molecule has 220 valence electrons. The Morgan fingerprint density at radius 3 is 2.12 bits per heavy atom. The van der Waals surface area contributed by atoms with Crippen LogP contribution in [0.3, 0.4) is 0 Å². The standard InChI is InChI=1S/C30H35Cl2N3O5S/c1-6-28(30(37)33-20(2)3)34(18-22-9-16-26(31)27(32)17-22)29(36)19-35(23-10-7-21(4)8-11-23)41(38,39)25-14-12-24(40-5)13-15-25/h7-17,20,28H,6,18-19H2,1-5H3,(H,33,37)/t28-/m0/s1. The zero-order chi connectivity index (χ0) is 30.3. The molecule has 0 aliphatic rings. The van der Waals surface area contributed by atoms with Gasteiger partial charge in [-0.05, 0) is 81.3 Å². The number of benzene rings is 3. The molecule has 1 atom stereocenters. The maximum absolute atomic E-state index is 14.1. The van der Waals surface area contributed by atoms with E-state index >= 15 is 0 Å². The molecule has 0 fully saturated rings. The smallest absolute Gasteiger partial charge is 0.264 e. The summed E-state index contributed by atoms with van der Waals surface area (Å²) in [4.78, 5) is 28.7. The van der Waals surface area contributed by atoms with Gasteiger partial charge >= 0.3 is 0 Å². The Labute approximate surface area is 252 Å². The van der Waals surface area contributed by atoms with Gasteiger partial charge in [-0.3, -0.25) is 13.9 Å². The van der Waals surface area contributed by atoms with Crippen molar-refractivity contribution < 1.29 is 22.7 Å². The lowest BCUT2D eigenvalue weighted by atomic mass is 10.1. The third-order valence-corrected chi connectivity index (χ3v) is 8.93. The molecule has 3 rings (SSSR count). The van der Waals surface area contributed by atoms with Crippen LogP contribution >= 0.6 is 23.2 Å². The number of ether oxygens (including phenoxy) is 1. The highest BCUT2D eigenvalue weighted by Crippen LogP contribution is 2.27. The summed E-state index contributed by atoms with van der Waals surface area (Å²) in [5.74, 6) is -0.396. The molecule has 41 heavy (non-hydrogen) atoms. The first-order valence-corrected chi connectivity index (χ1v) is 15.3. The van der Waals surface area contributed by atoms with Crippen LogP contribution in [-0.4, -0.2) is 50.9 Å². The molecule has 0 heterocycles. The molecule has 0 aliphatic carbocycles. The molecule has 3 aromatic rings. The van der Waals surface area contributed by atoms with Crippen LogP contribution in [0.15, 0.2) is 71.6 Å². The van der Waals surface area contributed by atoms with E-state index in [0.29, 0.717) is 33.5 Å². The van der Waals surface area contributed by atoms with Crippen molar-refractivity contribution in [3.63, 3.8) is 0 Å². The fraction of sp³-hybridized carbons (Fsp3) is 0.333. The Morgan fingerprint density at radius 2 is 1.59 bits per heavy atom. The minimum atomic E-state index is -4.19. The summed E-state index contributed by atoms with van der Waals surface area (Å²) in [7, 11) is -2.70. The second kappa shape index (κ2) is 14.1. The fourth-order valence-corrected chi connectivity index (χ4v) is 5.98. The van der Waals surface area contributed by atoms with E-state index in [1.54, 1.807) is 61.5 Å². The van der Waals surface area contributed by atoms with Crippen LogP contribution in [0.4, 0.5) is 5.69 Å². The maximum atomic E-state index is 14.1. The SMILES string of the molecule is CC[C@@H](C(=O)NC(C)C)N(Cc1ccc(Cl)c(Cl)c1)C(=O)CN(c1ccc(C)cc1)S(=O)(=O)c1ccc(OC)cc1. The monoisotopic (exact) mass is 619 g/mol. The number of methoxy groups -OCH3 is 1. The molecule has 2 amide bonds. The average molecular weight is 621 g/mol. The molecule has 0 unspecified atom stereocenters. The quantitative estimate of drug-likeness (QED) is 0.275. The highest BCUT2D eigenvalue weighted by atomic mass is 35.5. The molecular formula is C30H35Cl2N3O5S. The largest absolute Gasteiger partial charge is 0.497 e. The first kappa shape index (κ1) is 32.2. The van der Waals surface area contributed by atoms with Crippen LogP contribution < -0.4 is 14.4 Å². The van der Waals surface area contributed by atoms with Crippen molar-refractivity contribution in [2.45, 2.75) is 57.6 Å². The molecule has 0 radical (unpaired) electrons. The van der Waals surface area contributed by atoms with E-state index in [1.807, 2.05) is 20.8 Å². The van der Waals surface area contributed by atoms with Crippen molar-refractivity contribution in [1.82, 2.24) is 10.2 Å². The number of nitrogens with zero attached hydrogens (tertiary/aromatic N) is 2. The predicted molar refractivity (Wildman–Crippen MR) is 163 cm³/mol. The van der Waals surface area contributed by atoms with Gasteiger partial charge in [-0.15, -0.1) is 0 Å². The van der Waals surface area contributed by atoms with E-state index in [-0.39, 0.29) is 23.4 Å². The number of sulfonamides is 1. The molecule has 1 N–H and O–H groups in total. The van der Waals surface area contributed by atoms with Gasteiger partial charge in [0.05, 0.1) is 27.7 Å². The van der Waals surface area contributed by atoms with Gasteiger partial charge in [0.2, 0.25) is 11.8 Å². The van der Waals surface area contributed by atoms with E-state index in [4.69, 9.17) is 27.9 Å². The molecule has 0 aliphatic heterocycles. The Morgan fingerprint density at radius 1 is 0.951 bits per heavy atom. The molecule has 0 saturated carbocycles. The highest BCUT2D eigenvalue weighted by Gasteiger charge is 2.34. The van der Waals surface area contributed by atoms with E-state index in [9.17, 15) is 18.0 Å². The topological polar surface area (TPSA) is 96.0 Å². The van der Waals surface area contributed by atoms with Crippen LogP contribution in [0.5, 0.6) is 5.75 Å². The molecule has 0 aromatic heterocycles. The molecule has 8 nitrogen and oxygen atoms in total. The average Bonchev–Trinajstić information content (AvgIpc) is 2.93. The fourth-order valence-electron chi connectivity index (χ4n) is 4.25. The van der Waals surface area contributed by atoms with Crippen molar-refractivity contribution in [1.29, 1.82) is 0 Å². The van der Waals surface area contributed by atoms with Crippen LogP contribution in [0.25, 0.3) is 0 Å². The van der Waals surface area contributed by atoms with Crippen molar-refractivity contribution in [2.24, 2.45) is 0 Å². The highest BCUT2D eigenvalue weighted by molar-refractivity contribution is 7.92. The number of halogens is 2. The summed E-state index contributed by atoms with van der Waals surface area (Å²) in [6, 6.07) is 16.7. The zero-order valence-corrected chi connectivity index (χ0v) is 26.1. The molecule has 3 aromatic carbocycles. The first-order chi connectivity index (χ1) is 19.4. The summed E-state index contributed by atoms with van der Waals surface area (Å²) >= 11 is 12.3. The van der Waals surface area contributed by atoms with Crippen LogP contribution in [0.1, 0.15) is 38.3 Å². The van der Waals surface area contributed by atoms with Crippen molar-refractivity contribution in [3.05, 3.63) is 87.9 Å². The number of hydrogen-bond donors (Lipinski definition) is 1. The lowest BCUT2D eigenvalue weighted by Crippen LogP contribution is -2.53. The normalized spacial score (nSPS) is 12.1. The molecule has 0 spiro atoms. The number of hydrogen-bond acceptors (Lipinski definition) is 5. The molecule has 11 heteroatoms. The molecule has 0 bridgehead atoms. The summed E-state index contributed by atoms with van der Waals surface area (Å²) in [5.41, 5.74) is 1.89. The number of rotatable bonds is 12. The van der Waals surface area contributed by atoms with Gasteiger partial charge in [-0.2, -0.15) is 0 Å². The van der Waals surface area contributed by atoms with E-state index < -0.39 is 28.5 Å². The third-order valence-electron chi connectivity index (χ3n) is 6.40. The first-order valence-electron chi connectivity index (χ1n) is 13.1. The Hall–Kier alpha value is -3.27. The molecule has 0 saturated heterocycles. The summed E-state index contributed by atoms with van der Waals surface area (Å²) in [6.45, 7) is 6.82. The zero-order valence-electron chi connectivity index (χ0n) is 23.7. The Bertz CT molecular complexity index is 1460. The van der Waals surface area contributed by atoms with E-state index in [2.05, 4.69) is 5.32 Å². The van der Waals surface area contributed by atoms with Crippen LogP contribution in [0, 0.1) is 6.92 Å². The van der Waals surface area contributed by atoms with Crippen molar-refractivity contribution >= 4 is 50.7 Å². The number of aryl methyl sites for hydroxylation is 1. The second-order valence-electron chi connectivity index (χ2n) is 9.88. The lowest BCUT2D eigenvalue weighted by molar-refractivity contribution is -0.140. The predicted octanol–water partition coefficient (Wildman–Crippen LogP) is 5.84. The van der Waals surface area contributed by atoms with Crippen molar-refractivity contribution in [2.75, 3.05) is 18.0 Å². The Balaban J connectivity index is 2.07. The maximum Gasteiger partial charge on any atom is 0.264 e. The van der Waals surface area contributed by atoms with Gasteiger partial charge < -0.3 is 15.0 Å². The summed E-state index contributed by atoms with van der Waals surface area (Å²) in [5, 5.41) is 3.53. The van der Waals surface area contributed by atoms with E-state index in [1.165, 1.54) is 24.1 Å².